The van der Waals surface area contributed by atoms with Crippen molar-refractivity contribution in [3.63, 3.8) is 0 Å². The normalized spacial score (nSPS) is 19.0. The number of hydrogen-bond acceptors (Lipinski definition) is 4. The zero-order valence-corrected chi connectivity index (χ0v) is 16.3. The summed E-state index contributed by atoms with van der Waals surface area (Å²) in [5, 5.41) is 19.2. The summed E-state index contributed by atoms with van der Waals surface area (Å²) in [4.78, 5) is 13.6. The van der Waals surface area contributed by atoms with Gasteiger partial charge in [-0.2, -0.15) is 0 Å². The second kappa shape index (κ2) is 8.25. The number of carbonyl (C=O) groups excluding carboxylic acids is 1. The summed E-state index contributed by atoms with van der Waals surface area (Å²) in [6, 6.07) is 7.25. The molecule has 1 aromatic rings. The number of amides is 1. The van der Waals surface area contributed by atoms with Crippen molar-refractivity contribution >= 4 is 35.3 Å². The van der Waals surface area contributed by atoms with Crippen LogP contribution in [0.25, 0.3) is 0 Å². The predicted octanol–water partition coefficient (Wildman–Crippen LogP) is 3.56. The molecule has 1 heterocycles. The van der Waals surface area contributed by atoms with Gasteiger partial charge in [-0.25, -0.2) is 4.31 Å². The molecule has 136 valence electrons. The smallest absolute Gasteiger partial charge is 0.243 e. The molecular weight excluding hydrogens is 358 g/mol. The zero-order valence-electron chi connectivity index (χ0n) is 14.7. The first-order chi connectivity index (χ1) is 11.7. The summed E-state index contributed by atoms with van der Waals surface area (Å²) in [6.45, 7) is 6.54. The van der Waals surface area contributed by atoms with E-state index in [-0.39, 0.29) is 23.2 Å². The van der Waals surface area contributed by atoms with Crippen molar-refractivity contribution in [2.24, 2.45) is 5.41 Å². The Balaban J connectivity index is 1.98. The van der Waals surface area contributed by atoms with Gasteiger partial charge in [0.15, 0.2) is 0 Å². The molecular formula is C18H25ClN3O2S+. The van der Waals surface area contributed by atoms with Gasteiger partial charge in [0.2, 0.25) is 11.7 Å². The van der Waals surface area contributed by atoms with Crippen LogP contribution in [-0.2, 0) is 4.79 Å². The Morgan fingerprint density at radius 2 is 2.04 bits per heavy atom. The summed E-state index contributed by atoms with van der Waals surface area (Å²) >= 11 is 7.44. The predicted molar refractivity (Wildman–Crippen MR) is 104 cm³/mol. The molecule has 0 saturated carbocycles. The molecule has 25 heavy (non-hydrogen) atoms. The molecule has 0 spiro atoms. The minimum absolute atomic E-state index is 0.0340. The van der Waals surface area contributed by atoms with Gasteiger partial charge >= 0.3 is 0 Å². The van der Waals surface area contributed by atoms with Crippen LogP contribution >= 0.6 is 23.5 Å². The van der Waals surface area contributed by atoms with E-state index in [2.05, 4.69) is 5.32 Å². The molecule has 1 atom stereocenters. The van der Waals surface area contributed by atoms with Crippen LogP contribution in [0.3, 0.4) is 0 Å². The van der Waals surface area contributed by atoms with E-state index in [1.54, 1.807) is 0 Å². The first-order valence-electron chi connectivity index (χ1n) is 8.20. The molecule has 0 unspecified atom stereocenters. The number of nitrogens with one attached hydrogen (secondary N) is 2. The number of allylic oxidation sites excluding steroid dienone is 1. The van der Waals surface area contributed by atoms with Crippen LogP contribution < -0.4 is 5.32 Å². The van der Waals surface area contributed by atoms with Gasteiger partial charge in [0, 0.05) is 16.5 Å². The lowest BCUT2D eigenvalue weighted by Gasteiger charge is -2.22. The quantitative estimate of drug-likeness (QED) is 0.275. The van der Waals surface area contributed by atoms with Crippen LogP contribution in [0.1, 0.15) is 33.6 Å². The molecule has 1 fully saturated rings. The topological polar surface area (TPSA) is 79.1 Å². The minimum Gasteiger partial charge on any atom is -0.596 e. The second-order valence-corrected chi connectivity index (χ2v) is 8.61. The SMILES string of the molecule is CC(C)(C)/C([OH2+])=C/C(=N)NC(=O)[C@@H]1CCCN1Sc1ccc(Cl)cc1. The highest BCUT2D eigenvalue weighted by molar-refractivity contribution is 7.97. The Labute approximate surface area is 158 Å². The fourth-order valence-corrected chi connectivity index (χ4v) is 3.56. The summed E-state index contributed by atoms with van der Waals surface area (Å²) in [5.74, 6) is 0.0896. The number of amidine groups is 1. The van der Waals surface area contributed by atoms with E-state index in [1.807, 2.05) is 49.3 Å². The van der Waals surface area contributed by atoms with Gasteiger partial charge < -0.3 is 10.4 Å². The maximum Gasteiger partial charge on any atom is 0.243 e. The third-order valence-corrected chi connectivity index (χ3v) is 5.30. The molecule has 1 aliphatic heterocycles. The second-order valence-electron chi connectivity index (χ2n) is 7.05. The van der Waals surface area contributed by atoms with Gasteiger partial charge in [-0.1, -0.05) is 11.6 Å². The minimum atomic E-state index is -0.346. The molecule has 0 aromatic heterocycles. The van der Waals surface area contributed by atoms with Crippen molar-refractivity contribution in [1.29, 1.82) is 5.41 Å². The molecule has 4 N–H and O–H groups in total. The van der Waals surface area contributed by atoms with E-state index in [0.29, 0.717) is 10.8 Å². The van der Waals surface area contributed by atoms with Gasteiger partial charge in [-0.15, -0.1) is 0 Å². The summed E-state index contributed by atoms with van der Waals surface area (Å²) in [6.07, 6.45) is 3.10. The molecule has 0 bridgehead atoms. The number of carbonyl (C=O) groups is 1. The van der Waals surface area contributed by atoms with Crippen LogP contribution in [0.15, 0.2) is 41.0 Å². The summed E-state index contributed by atoms with van der Waals surface area (Å²) in [5.41, 5.74) is -0.346. The molecule has 1 aliphatic rings. The molecule has 1 amide bonds. The highest BCUT2D eigenvalue weighted by atomic mass is 35.5. The van der Waals surface area contributed by atoms with Crippen LogP contribution in [0.5, 0.6) is 0 Å². The van der Waals surface area contributed by atoms with Crippen LogP contribution in [-0.4, -0.2) is 33.7 Å². The molecule has 1 aromatic carbocycles. The lowest BCUT2D eigenvalue weighted by molar-refractivity contribution is -0.122. The number of hydrogen-bond donors (Lipinski definition) is 2. The van der Waals surface area contributed by atoms with Crippen molar-refractivity contribution in [1.82, 2.24) is 9.62 Å². The average Bonchev–Trinajstić information content (AvgIpc) is 2.96. The van der Waals surface area contributed by atoms with Gasteiger partial charge in [0.05, 0.1) is 17.5 Å². The fourth-order valence-electron chi connectivity index (χ4n) is 2.36. The lowest BCUT2D eigenvalue weighted by Crippen LogP contribution is -2.42. The van der Waals surface area contributed by atoms with Crippen LogP contribution in [0, 0.1) is 10.8 Å². The Kier molecular flexibility index (Phi) is 6.54. The number of halogens is 1. The Morgan fingerprint density at radius 1 is 1.40 bits per heavy atom. The van der Waals surface area contributed by atoms with Crippen molar-refractivity contribution in [2.75, 3.05) is 6.54 Å². The van der Waals surface area contributed by atoms with Crippen LogP contribution in [0.2, 0.25) is 5.02 Å². The third kappa shape index (κ3) is 5.76. The standard InChI is InChI=1S/C18H24ClN3O2S/c1-18(2,3)15(23)11-16(20)21-17(24)14-5-4-10-22(14)25-13-8-6-12(19)7-9-13/h6-9,11,14,23H,4-5,10H2,1-3H3,(H2,20,21,24)/p+1/b15-11-/t14-/m0/s1. The van der Waals surface area contributed by atoms with E-state index in [1.165, 1.54) is 18.0 Å². The first kappa shape index (κ1) is 19.8. The van der Waals surface area contributed by atoms with E-state index in [9.17, 15) is 4.79 Å². The van der Waals surface area contributed by atoms with Crippen molar-refractivity contribution in [3.05, 3.63) is 41.1 Å². The van der Waals surface area contributed by atoms with Crippen LogP contribution in [0.4, 0.5) is 0 Å². The average molecular weight is 383 g/mol. The van der Waals surface area contributed by atoms with Gasteiger partial charge in [0.1, 0.15) is 5.84 Å². The monoisotopic (exact) mass is 382 g/mol. The molecule has 5 nitrogen and oxygen atoms in total. The Morgan fingerprint density at radius 3 is 2.64 bits per heavy atom. The van der Waals surface area contributed by atoms with E-state index < -0.39 is 0 Å². The maximum atomic E-state index is 12.5. The van der Waals surface area contributed by atoms with E-state index in [4.69, 9.17) is 22.1 Å². The summed E-state index contributed by atoms with van der Waals surface area (Å²) < 4.78 is 2.04. The fraction of sp³-hybridized carbons (Fsp3) is 0.444. The third-order valence-electron chi connectivity index (χ3n) is 3.90. The highest BCUT2D eigenvalue weighted by Crippen LogP contribution is 2.31. The molecule has 2 rings (SSSR count). The molecule has 1 saturated heterocycles. The number of benzene rings is 1. The van der Waals surface area contributed by atoms with Crippen molar-refractivity contribution in [3.8, 4) is 0 Å². The highest BCUT2D eigenvalue weighted by Gasteiger charge is 2.32. The lowest BCUT2D eigenvalue weighted by atomic mass is 9.93. The van der Waals surface area contributed by atoms with Crippen molar-refractivity contribution in [2.45, 2.75) is 44.6 Å². The number of rotatable bonds is 4. The van der Waals surface area contributed by atoms with Gasteiger partial charge in [0.25, 0.3) is 0 Å². The molecule has 0 aliphatic carbocycles. The van der Waals surface area contributed by atoms with Gasteiger partial charge in [-0.3, -0.25) is 10.2 Å². The largest absolute Gasteiger partial charge is 0.596 e. The van der Waals surface area contributed by atoms with E-state index >= 15 is 0 Å². The van der Waals surface area contributed by atoms with Crippen molar-refractivity contribution < 1.29 is 9.90 Å². The maximum absolute atomic E-state index is 12.5. The number of nitrogens with zero attached hydrogens (tertiary/aromatic N) is 1. The molecule has 7 heteroatoms. The summed E-state index contributed by atoms with van der Waals surface area (Å²) in [7, 11) is 0. The Hall–Kier alpha value is -1.50. The van der Waals surface area contributed by atoms with Gasteiger partial charge in [-0.05, 0) is 69.8 Å². The Bertz CT molecular complexity index is 668. The first-order valence-corrected chi connectivity index (χ1v) is 9.35. The zero-order chi connectivity index (χ0) is 18.6. The van der Waals surface area contributed by atoms with E-state index in [0.717, 1.165) is 24.3 Å². The molecule has 0 radical (unpaired) electrons.